The average Bonchev–Trinajstić information content (AvgIpc) is 2.16. The van der Waals surface area contributed by atoms with Gasteiger partial charge in [0.15, 0.2) is 0 Å². The lowest BCUT2D eigenvalue weighted by Crippen LogP contribution is -2.08. The fourth-order valence-corrected chi connectivity index (χ4v) is 1.01. The highest BCUT2D eigenvalue weighted by molar-refractivity contribution is 5.37. The van der Waals surface area contributed by atoms with Crippen LogP contribution >= 0.6 is 0 Å². The molecular formula is C9H16N4. The van der Waals surface area contributed by atoms with Crippen LogP contribution in [-0.4, -0.2) is 9.97 Å². The lowest BCUT2D eigenvalue weighted by molar-refractivity contribution is 0.677. The number of nitrogens with zero attached hydrogens (tertiary/aromatic N) is 2. The van der Waals surface area contributed by atoms with Crippen molar-refractivity contribution in [1.82, 2.24) is 9.97 Å². The summed E-state index contributed by atoms with van der Waals surface area (Å²) in [4.78, 5) is 8.41. The quantitative estimate of drug-likeness (QED) is 0.728. The third-order valence-electron chi connectivity index (χ3n) is 2.19. The molecule has 0 aliphatic carbocycles. The number of rotatable bonds is 3. The van der Waals surface area contributed by atoms with Crippen LogP contribution in [0.2, 0.25) is 0 Å². The van der Waals surface area contributed by atoms with E-state index in [-0.39, 0.29) is 0 Å². The van der Waals surface area contributed by atoms with E-state index >= 15 is 0 Å². The van der Waals surface area contributed by atoms with Crippen molar-refractivity contribution >= 4 is 5.82 Å². The van der Waals surface area contributed by atoms with Gasteiger partial charge in [0.25, 0.3) is 0 Å². The van der Waals surface area contributed by atoms with E-state index in [0.29, 0.717) is 18.3 Å². The molecule has 0 aliphatic rings. The van der Waals surface area contributed by atoms with Crippen molar-refractivity contribution in [2.24, 2.45) is 5.73 Å². The molecule has 1 heterocycles. The zero-order chi connectivity index (χ0) is 9.84. The maximum absolute atomic E-state index is 5.69. The van der Waals surface area contributed by atoms with E-state index in [0.717, 1.165) is 17.8 Å². The lowest BCUT2D eigenvalue weighted by atomic mass is 10.1. The van der Waals surface area contributed by atoms with Gasteiger partial charge in [0, 0.05) is 24.2 Å². The second kappa shape index (κ2) is 4.18. The van der Waals surface area contributed by atoms with E-state index in [2.05, 4.69) is 23.8 Å². The fourth-order valence-electron chi connectivity index (χ4n) is 1.01. The summed E-state index contributed by atoms with van der Waals surface area (Å²) < 4.78 is 0. The minimum atomic E-state index is 0.356. The zero-order valence-corrected chi connectivity index (χ0v) is 8.12. The third kappa shape index (κ3) is 2.15. The summed E-state index contributed by atoms with van der Waals surface area (Å²) in [5.74, 6) is 1.67. The van der Waals surface area contributed by atoms with Crippen LogP contribution in [0, 0.1) is 0 Å². The molecule has 0 spiro atoms. The van der Waals surface area contributed by atoms with Gasteiger partial charge in [-0.2, -0.15) is 0 Å². The van der Waals surface area contributed by atoms with Gasteiger partial charge in [-0.1, -0.05) is 13.8 Å². The third-order valence-corrected chi connectivity index (χ3v) is 2.19. The minimum Gasteiger partial charge on any atom is -0.383 e. The molecular weight excluding hydrogens is 164 g/mol. The van der Waals surface area contributed by atoms with Crippen molar-refractivity contribution in [1.29, 1.82) is 0 Å². The largest absolute Gasteiger partial charge is 0.383 e. The van der Waals surface area contributed by atoms with Crippen LogP contribution < -0.4 is 11.5 Å². The Hall–Kier alpha value is -1.16. The normalized spacial score (nSPS) is 12.8. The SMILES string of the molecule is CCC(C)c1ncc(CN)c(N)n1. The summed E-state index contributed by atoms with van der Waals surface area (Å²) >= 11 is 0. The van der Waals surface area contributed by atoms with E-state index < -0.39 is 0 Å². The Kier molecular flexibility index (Phi) is 3.19. The highest BCUT2D eigenvalue weighted by atomic mass is 14.9. The summed E-state index contributed by atoms with van der Waals surface area (Å²) in [6.07, 6.45) is 2.73. The van der Waals surface area contributed by atoms with Gasteiger partial charge in [0.1, 0.15) is 11.6 Å². The molecule has 4 nitrogen and oxygen atoms in total. The molecule has 0 fully saturated rings. The van der Waals surface area contributed by atoms with Crippen molar-refractivity contribution in [2.75, 3.05) is 5.73 Å². The van der Waals surface area contributed by atoms with Crippen molar-refractivity contribution in [3.05, 3.63) is 17.6 Å². The van der Waals surface area contributed by atoms with Gasteiger partial charge in [-0.25, -0.2) is 9.97 Å². The second-order valence-corrected chi connectivity index (χ2v) is 3.15. The maximum atomic E-state index is 5.69. The minimum absolute atomic E-state index is 0.356. The molecule has 72 valence electrons. The first-order chi connectivity index (χ1) is 6.19. The predicted molar refractivity (Wildman–Crippen MR) is 53.0 cm³/mol. The van der Waals surface area contributed by atoms with Gasteiger partial charge in [-0.15, -0.1) is 0 Å². The molecule has 0 amide bonds. The van der Waals surface area contributed by atoms with Crippen LogP contribution in [0.5, 0.6) is 0 Å². The van der Waals surface area contributed by atoms with Gasteiger partial charge < -0.3 is 11.5 Å². The van der Waals surface area contributed by atoms with Crippen molar-refractivity contribution in [2.45, 2.75) is 32.7 Å². The molecule has 1 rings (SSSR count). The fraction of sp³-hybridized carbons (Fsp3) is 0.556. The van der Waals surface area contributed by atoms with Gasteiger partial charge in [0.05, 0.1) is 0 Å². The van der Waals surface area contributed by atoms with Crippen LogP contribution in [0.15, 0.2) is 6.20 Å². The molecule has 1 aromatic heterocycles. The van der Waals surface area contributed by atoms with Gasteiger partial charge in [0.2, 0.25) is 0 Å². The number of aromatic nitrogens is 2. The van der Waals surface area contributed by atoms with Crippen molar-refractivity contribution in [3.63, 3.8) is 0 Å². The summed E-state index contributed by atoms with van der Waals surface area (Å²) in [6.45, 7) is 4.57. The number of anilines is 1. The Bertz CT molecular complexity index is 285. The molecule has 1 unspecified atom stereocenters. The Morgan fingerprint density at radius 2 is 2.23 bits per heavy atom. The van der Waals surface area contributed by atoms with Crippen molar-refractivity contribution < 1.29 is 0 Å². The molecule has 13 heavy (non-hydrogen) atoms. The van der Waals surface area contributed by atoms with Crippen LogP contribution in [-0.2, 0) is 6.54 Å². The molecule has 0 bridgehead atoms. The summed E-state index contributed by atoms with van der Waals surface area (Å²) in [5.41, 5.74) is 12.0. The lowest BCUT2D eigenvalue weighted by Gasteiger charge is -2.08. The molecule has 0 radical (unpaired) electrons. The number of nitrogens with two attached hydrogens (primary N) is 2. The Morgan fingerprint density at radius 1 is 1.54 bits per heavy atom. The average molecular weight is 180 g/mol. The van der Waals surface area contributed by atoms with Crippen LogP contribution in [0.3, 0.4) is 0 Å². The molecule has 0 saturated heterocycles. The van der Waals surface area contributed by atoms with Crippen molar-refractivity contribution in [3.8, 4) is 0 Å². The number of nitrogen functional groups attached to an aromatic ring is 1. The van der Waals surface area contributed by atoms with Gasteiger partial charge in [-0.3, -0.25) is 0 Å². The van der Waals surface area contributed by atoms with Gasteiger partial charge in [-0.05, 0) is 6.42 Å². The Morgan fingerprint density at radius 3 is 2.69 bits per heavy atom. The highest BCUT2D eigenvalue weighted by Crippen LogP contribution is 2.16. The first-order valence-corrected chi connectivity index (χ1v) is 4.50. The summed E-state index contributed by atoms with van der Waals surface area (Å²) in [5, 5.41) is 0. The Balaban J connectivity index is 2.95. The zero-order valence-electron chi connectivity index (χ0n) is 8.12. The number of hydrogen-bond donors (Lipinski definition) is 2. The van der Waals surface area contributed by atoms with Crippen LogP contribution in [0.4, 0.5) is 5.82 Å². The highest BCUT2D eigenvalue weighted by Gasteiger charge is 2.08. The van der Waals surface area contributed by atoms with Crippen LogP contribution in [0.1, 0.15) is 37.6 Å². The molecule has 4 N–H and O–H groups in total. The summed E-state index contributed by atoms with van der Waals surface area (Å²) in [6, 6.07) is 0. The monoisotopic (exact) mass is 180 g/mol. The van der Waals surface area contributed by atoms with E-state index in [1.807, 2.05) is 0 Å². The van der Waals surface area contributed by atoms with Crippen LogP contribution in [0.25, 0.3) is 0 Å². The first-order valence-electron chi connectivity index (χ1n) is 4.50. The summed E-state index contributed by atoms with van der Waals surface area (Å²) in [7, 11) is 0. The molecule has 0 aliphatic heterocycles. The van der Waals surface area contributed by atoms with E-state index in [9.17, 15) is 0 Å². The molecule has 4 heteroatoms. The van der Waals surface area contributed by atoms with Gasteiger partial charge >= 0.3 is 0 Å². The first kappa shape index (κ1) is 9.92. The standard InChI is InChI=1S/C9H16N4/c1-3-6(2)9-12-5-7(4-10)8(11)13-9/h5-6H,3-4,10H2,1-2H3,(H2,11,12,13). The molecule has 0 saturated carbocycles. The Labute approximate surface area is 78.4 Å². The second-order valence-electron chi connectivity index (χ2n) is 3.15. The van der Waals surface area contributed by atoms with E-state index in [1.165, 1.54) is 0 Å². The van der Waals surface area contributed by atoms with E-state index in [4.69, 9.17) is 11.5 Å². The topological polar surface area (TPSA) is 77.8 Å². The molecule has 0 aromatic carbocycles. The maximum Gasteiger partial charge on any atom is 0.133 e. The molecule has 1 atom stereocenters. The smallest absolute Gasteiger partial charge is 0.133 e. The molecule has 1 aromatic rings. The number of hydrogen-bond acceptors (Lipinski definition) is 4. The van der Waals surface area contributed by atoms with E-state index in [1.54, 1.807) is 6.20 Å². The predicted octanol–water partition coefficient (Wildman–Crippen LogP) is 1.03.